The van der Waals surface area contributed by atoms with Crippen LogP contribution in [0.1, 0.15) is 47.0 Å². The van der Waals surface area contributed by atoms with Gasteiger partial charge in [0.1, 0.15) is 12.1 Å². The molecule has 0 saturated carbocycles. The van der Waals surface area contributed by atoms with Crippen molar-refractivity contribution in [2.45, 2.75) is 76.1 Å². The monoisotopic (exact) mass is 429 g/mol. The van der Waals surface area contributed by atoms with E-state index in [9.17, 15) is 14.7 Å². The van der Waals surface area contributed by atoms with Gasteiger partial charge in [-0.25, -0.2) is 0 Å². The average molecular weight is 430 g/mol. The van der Waals surface area contributed by atoms with Gasteiger partial charge in [-0.2, -0.15) is 11.8 Å². The lowest BCUT2D eigenvalue weighted by atomic mass is 9.95. The summed E-state index contributed by atoms with van der Waals surface area (Å²) < 4.78 is 11.1. The molecule has 0 amide bonds. The van der Waals surface area contributed by atoms with Crippen LogP contribution in [-0.4, -0.2) is 64.1 Å². The molecule has 1 aliphatic rings. The van der Waals surface area contributed by atoms with Crippen molar-refractivity contribution in [1.82, 2.24) is 0 Å². The Hall–Kier alpha value is -1.35. The van der Waals surface area contributed by atoms with Crippen molar-refractivity contribution in [2.75, 3.05) is 12.9 Å². The van der Waals surface area contributed by atoms with Gasteiger partial charge in [0.2, 0.25) is 0 Å². The molecule has 0 bridgehead atoms. The Morgan fingerprint density at radius 3 is 2.72 bits per heavy atom. The van der Waals surface area contributed by atoms with Crippen LogP contribution in [0.15, 0.2) is 23.8 Å². The minimum atomic E-state index is -1.39. The zero-order valence-corrected chi connectivity index (χ0v) is 18.8. The molecule has 8 heteroatoms. The molecule has 7 nitrogen and oxygen atoms in total. The van der Waals surface area contributed by atoms with E-state index in [1.165, 1.54) is 0 Å². The van der Waals surface area contributed by atoms with E-state index in [-0.39, 0.29) is 30.3 Å². The quantitative estimate of drug-likeness (QED) is 0.451. The van der Waals surface area contributed by atoms with Gasteiger partial charge in [0, 0.05) is 18.1 Å². The van der Waals surface area contributed by atoms with Crippen molar-refractivity contribution in [1.29, 1.82) is 0 Å². The number of carboxylic acid groups (broad SMARTS) is 1. The smallest absolute Gasteiger partial charge is 0.321 e. The maximum Gasteiger partial charge on any atom is 0.321 e. The zero-order valence-electron chi connectivity index (χ0n) is 18.0. The molecule has 1 rings (SSSR count). The van der Waals surface area contributed by atoms with Crippen LogP contribution in [0.2, 0.25) is 0 Å². The number of esters is 1. The topological polar surface area (TPSA) is 119 Å². The number of aliphatic carboxylic acids is 1. The summed E-state index contributed by atoms with van der Waals surface area (Å²) in [6.45, 7) is 7.47. The van der Waals surface area contributed by atoms with Crippen molar-refractivity contribution >= 4 is 23.7 Å². The number of rotatable bonds is 5. The van der Waals surface area contributed by atoms with Crippen LogP contribution in [0.4, 0.5) is 0 Å². The number of carboxylic acids is 1. The molecule has 4 N–H and O–H groups in total. The van der Waals surface area contributed by atoms with Crippen molar-refractivity contribution in [3.8, 4) is 0 Å². The molecular weight excluding hydrogens is 394 g/mol. The first-order valence-corrected chi connectivity index (χ1v) is 10.9. The number of carbonyl (C=O) groups excluding carboxylic acids is 1. The number of aliphatic hydroxyl groups is 1. The zero-order chi connectivity index (χ0) is 22.2. The first kappa shape index (κ1) is 25.7. The highest BCUT2D eigenvalue weighted by atomic mass is 32.2. The average Bonchev–Trinajstić information content (AvgIpc) is 2.63. The third kappa shape index (κ3) is 8.50. The number of carbonyl (C=O) groups is 2. The second-order valence-corrected chi connectivity index (χ2v) is 9.15. The second kappa shape index (κ2) is 11.7. The minimum Gasteiger partial charge on any atom is -0.480 e. The number of thioether (sulfide) groups is 1. The highest BCUT2D eigenvalue weighted by molar-refractivity contribution is 8.00. The lowest BCUT2D eigenvalue weighted by Crippen LogP contribution is -2.40. The predicted molar refractivity (Wildman–Crippen MR) is 115 cm³/mol. The summed E-state index contributed by atoms with van der Waals surface area (Å²) >= 11 is 1.15. The summed E-state index contributed by atoms with van der Waals surface area (Å²) in [5.41, 5.74) is 5.25. The van der Waals surface area contributed by atoms with E-state index >= 15 is 0 Å². The fraction of sp³-hybridized carbons (Fsp3) is 0.714. The third-order valence-corrected chi connectivity index (χ3v) is 6.91. The fourth-order valence-corrected chi connectivity index (χ4v) is 4.23. The van der Waals surface area contributed by atoms with E-state index < -0.39 is 28.8 Å². The molecule has 0 aromatic carbocycles. The van der Waals surface area contributed by atoms with E-state index in [2.05, 4.69) is 6.08 Å². The van der Waals surface area contributed by atoms with Crippen molar-refractivity contribution < 1.29 is 29.3 Å². The van der Waals surface area contributed by atoms with Gasteiger partial charge in [0.15, 0.2) is 0 Å². The molecule has 0 radical (unpaired) electrons. The first-order chi connectivity index (χ1) is 13.5. The van der Waals surface area contributed by atoms with E-state index in [0.717, 1.165) is 30.2 Å². The number of hydrogen-bond donors (Lipinski definition) is 3. The van der Waals surface area contributed by atoms with Gasteiger partial charge in [0.05, 0.1) is 18.1 Å². The van der Waals surface area contributed by atoms with E-state index in [1.54, 1.807) is 26.2 Å². The van der Waals surface area contributed by atoms with Crippen LogP contribution >= 0.6 is 11.8 Å². The Bertz CT molecular complexity index is 618. The number of allylic oxidation sites excluding steroid dienone is 1. The van der Waals surface area contributed by atoms with Gasteiger partial charge in [-0.1, -0.05) is 25.2 Å². The molecule has 166 valence electrons. The van der Waals surface area contributed by atoms with Crippen molar-refractivity contribution in [3.05, 3.63) is 23.8 Å². The molecule has 0 fully saturated rings. The van der Waals surface area contributed by atoms with Gasteiger partial charge >= 0.3 is 11.9 Å². The van der Waals surface area contributed by atoms with Crippen LogP contribution in [0.5, 0.6) is 0 Å². The molecule has 0 aromatic heterocycles. The molecule has 29 heavy (non-hydrogen) atoms. The summed E-state index contributed by atoms with van der Waals surface area (Å²) in [5.74, 6) is -1.31. The fourth-order valence-electron chi connectivity index (χ4n) is 2.98. The summed E-state index contributed by atoms with van der Waals surface area (Å²) in [6.07, 6.45) is 6.56. The summed E-state index contributed by atoms with van der Waals surface area (Å²) in [5, 5.41) is 19.5. The molecule has 0 saturated heterocycles. The van der Waals surface area contributed by atoms with Crippen molar-refractivity contribution in [2.24, 2.45) is 11.7 Å². The van der Waals surface area contributed by atoms with Crippen LogP contribution in [-0.2, 0) is 19.1 Å². The second-order valence-electron chi connectivity index (χ2n) is 7.91. The van der Waals surface area contributed by atoms with Crippen molar-refractivity contribution in [3.63, 3.8) is 0 Å². The molecule has 0 spiro atoms. The molecule has 1 heterocycles. The first-order valence-electron chi connectivity index (χ1n) is 9.88. The Balaban J connectivity index is 3.17. The van der Waals surface area contributed by atoms with Gasteiger partial charge < -0.3 is 25.4 Å². The summed E-state index contributed by atoms with van der Waals surface area (Å²) in [4.78, 5) is 23.5. The van der Waals surface area contributed by atoms with Crippen LogP contribution in [0.3, 0.4) is 0 Å². The minimum absolute atomic E-state index is 0.0577. The molecule has 1 aliphatic heterocycles. The van der Waals surface area contributed by atoms with Gasteiger partial charge in [-0.3, -0.25) is 9.59 Å². The molecular formula is C21H35NO6S. The Kier molecular flexibility index (Phi) is 10.4. The standard InChI is InChI=1S/C21H35NO6S/c1-13-7-6-8-14(2)17(27-5)9-10-21(4,26)18(11-19(23)28-15(13)3)29-12-16(22)20(24)25/h8-10,13,15-18,26H,6-7,11-12,22H2,1-5H3,(H,24,25)/b10-9-,14-8-/t13-,15-,16+,17-,18-,21+/m1/s1. The number of cyclic esters (lactones) is 1. The number of nitrogens with two attached hydrogens (primary N) is 1. The third-order valence-electron chi connectivity index (χ3n) is 5.32. The van der Waals surface area contributed by atoms with Crippen LogP contribution < -0.4 is 5.73 Å². The summed E-state index contributed by atoms with van der Waals surface area (Å²) in [7, 11) is 1.60. The lowest BCUT2D eigenvalue weighted by molar-refractivity contribution is -0.151. The van der Waals surface area contributed by atoms with E-state index in [0.29, 0.717) is 0 Å². The Labute approximate surface area is 177 Å². The maximum atomic E-state index is 12.5. The van der Waals surface area contributed by atoms with Gasteiger partial charge in [-0.05, 0) is 45.1 Å². The van der Waals surface area contributed by atoms with Gasteiger partial charge in [-0.15, -0.1) is 0 Å². The van der Waals surface area contributed by atoms with Crippen LogP contribution in [0, 0.1) is 5.92 Å². The highest BCUT2D eigenvalue weighted by Crippen LogP contribution is 2.30. The molecule has 0 aliphatic carbocycles. The van der Waals surface area contributed by atoms with E-state index in [4.69, 9.17) is 20.3 Å². The lowest BCUT2D eigenvalue weighted by Gasteiger charge is -2.31. The summed E-state index contributed by atoms with van der Waals surface area (Å²) in [6, 6.07) is -1.08. The Morgan fingerprint density at radius 2 is 2.14 bits per heavy atom. The normalized spacial score (nSPS) is 36.2. The van der Waals surface area contributed by atoms with E-state index in [1.807, 2.05) is 20.8 Å². The van der Waals surface area contributed by atoms with Crippen LogP contribution in [0.25, 0.3) is 0 Å². The molecule has 0 unspecified atom stereocenters. The maximum absolute atomic E-state index is 12.5. The molecule has 0 aromatic rings. The largest absolute Gasteiger partial charge is 0.480 e. The Morgan fingerprint density at radius 1 is 1.48 bits per heavy atom. The number of hydrogen-bond acceptors (Lipinski definition) is 7. The predicted octanol–water partition coefficient (Wildman–Crippen LogP) is 2.52. The SMILES string of the molecule is CO[C@@H]1/C=C\[C@](C)(O)[C@H](SC[C@H](N)C(=O)O)CC(=O)O[C@H](C)[C@H](C)CC/C=C\1C. The highest BCUT2D eigenvalue weighted by Gasteiger charge is 2.34. The number of methoxy groups -OCH3 is 1. The molecule has 6 atom stereocenters. The number of ether oxygens (including phenoxy) is 2. The van der Waals surface area contributed by atoms with Gasteiger partial charge in [0.25, 0.3) is 0 Å².